The summed E-state index contributed by atoms with van der Waals surface area (Å²) in [6, 6.07) is 0. The van der Waals surface area contributed by atoms with Crippen LogP contribution >= 0.6 is 23.5 Å². The smallest absolute Gasteiger partial charge is 0.407 e. The second-order valence-electron chi connectivity index (χ2n) is 29.0. The first-order valence-corrected chi connectivity index (χ1v) is 44.8. The van der Waals surface area contributed by atoms with Crippen LogP contribution in [0.4, 0.5) is 14.4 Å². The summed E-state index contributed by atoms with van der Waals surface area (Å²) in [7, 11) is 5.61. The molecule has 2 fully saturated rings. The van der Waals surface area contributed by atoms with Gasteiger partial charge in [-0.1, -0.05) is 55.4 Å². The first-order valence-electron chi connectivity index (χ1n) is 42.8. The van der Waals surface area contributed by atoms with E-state index in [0.717, 1.165) is 16.7 Å². The number of hydrogen-bond donors (Lipinski definition) is 17. The van der Waals surface area contributed by atoms with Crippen molar-refractivity contribution in [3.63, 3.8) is 0 Å². The zero-order valence-corrected chi connectivity index (χ0v) is 79.3. The maximum absolute atomic E-state index is 12.5. The van der Waals surface area contributed by atoms with Crippen LogP contribution in [0.15, 0.2) is 0 Å². The van der Waals surface area contributed by atoms with Crippen molar-refractivity contribution in [2.45, 2.75) is 204 Å². The second-order valence-corrected chi connectivity index (χ2v) is 32.2. The lowest BCUT2D eigenvalue weighted by atomic mass is 10.2. The summed E-state index contributed by atoms with van der Waals surface area (Å²) in [4.78, 5) is 179. The van der Waals surface area contributed by atoms with E-state index in [1.807, 2.05) is 48.5 Å². The fourth-order valence-electron chi connectivity index (χ4n) is 10.0. The topological polar surface area (TPSA) is 686 Å². The summed E-state index contributed by atoms with van der Waals surface area (Å²) in [5.74, 6) is -5.47. The number of imide groups is 2. The minimum atomic E-state index is -1.01. The monoisotopic (exact) mass is 1930 g/mol. The number of carboxylic acids is 2. The molecule has 19 N–H and O–H groups in total. The molecule has 2 saturated heterocycles. The first-order chi connectivity index (χ1) is 62.0. The van der Waals surface area contributed by atoms with Crippen LogP contribution in [0, 0.1) is 5.92 Å². The third-order valence-corrected chi connectivity index (χ3v) is 20.3. The van der Waals surface area contributed by atoms with E-state index in [2.05, 4.69) is 47.9 Å². The van der Waals surface area contributed by atoms with Crippen LogP contribution in [0.5, 0.6) is 0 Å². The first kappa shape index (κ1) is 127. The van der Waals surface area contributed by atoms with Crippen LogP contribution in [-0.4, -0.2) is 412 Å². The Balaban J connectivity index is -0.00000189. The van der Waals surface area contributed by atoms with Gasteiger partial charge in [0.05, 0.1) is 133 Å². The molecule has 0 aliphatic carbocycles. The third kappa shape index (κ3) is 67.6. The standard InChI is InChI=1S/C31H53N5O14S.C31H55N5O12S.C11H21NO7.C7H16O4.H3N/c1-4-22(18-37)50-28(46-3)19-49-31(45)35-8-5-24(38)32-9-10-33-26(40)7-13-47-15-16-48-14-11-34-25(39)6-12-36-27(41)17-23(29(36)42)51-20-21(2)30(43)44;1-6-22(20-37)48-28(44-5)21-47-30(43)35-10-7-24(38)32-11-12-33-26(40)9-15-45-17-18-46-16-13-34-25(39)8-14-36-27(41)19-23(29(36)42)49-31(2,3)4;1-3-8(6-13)19-10(17-2)7-18-11(16)12-5-4-9(14)15;1-3-6(4-8)11-7(5-9)10-2;/h21-23,28,37H,4-20H2,1-3H3,(H,32,38)(H,33,40)(H,34,39)(H,35,45)(H,43,44);22-23,28,37H,6-21H2,1-5H3,(H,32,38)(H,33,40)(H,34,39)(H,35,43);8,10,13H,3-7H2,1-2H3,(H,12,16)(H,14,15);6-9H,3-5H2,1-2H3;1H3. The molecule has 0 aromatic heterocycles. The van der Waals surface area contributed by atoms with Crippen molar-refractivity contribution in [2.24, 2.45) is 5.92 Å². The molecule has 0 aromatic rings. The van der Waals surface area contributed by atoms with E-state index >= 15 is 0 Å². The number of nitrogens with one attached hydrogen (secondary N) is 9. The van der Waals surface area contributed by atoms with Gasteiger partial charge in [0.2, 0.25) is 59.1 Å². The van der Waals surface area contributed by atoms with Gasteiger partial charge in [0.25, 0.3) is 0 Å². The molecule has 2 rings (SSSR count). The van der Waals surface area contributed by atoms with E-state index in [4.69, 9.17) is 96.6 Å². The Hall–Kier alpha value is -8.17. The highest BCUT2D eigenvalue weighted by atomic mass is 32.2. The van der Waals surface area contributed by atoms with Gasteiger partial charge in [0, 0.05) is 162 Å². The lowest BCUT2D eigenvalue weighted by Gasteiger charge is -2.21. The number of likely N-dealkylation sites (tertiary alicyclic amines) is 2. The summed E-state index contributed by atoms with van der Waals surface area (Å²) >= 11 is 2.60. The Morgan fingerprint density at radius 2 is 0.687 bits per heavy atom. The number of aliphatic hydroxyl groups excluding tert-OH is 5. The van der Waals surface area contributed by atoms with Gasteiger partial charge in [-0.2, -0.15) is 0 Å². The summed E-state index contributed by atoms with van der Waals surface area (Å²) in [6.45, 7) is 16.8. The lowest BCUT2D eigenvalue weighted by Crippen LogP contribution is -2.37. The number of ether oxygens (including phenoxy) is 15. The second kappa shape index (κ2) is 80.3. The average molecular weight is 1930 g/mol. The molecule has 51 heteroatoms. The van der Waals surface area contributed by atoms with E-state index in [1.54, 1.807) is 0 Å². The molecular formula is C80H148N12O37S2. The number of rotatable bonds is 71. The minimum absolute atomic E-state index is 0. The highest BCUT2D eigenvalue weighted by Crippen LogP contribution is 2.35. The highest BCUT2D eigenvalue weighted by molar-refractivity contribution is 8.02. The van der Waals surface area contributed by atoms with Gasteiger partial charge >= 0.3 is 30.2 Å². The molecular weight excluding hydrogens is 1790 g/mol. The van der Waals surface area contributed by atoms with E-state index in [-0.39, 0.29) is 318 Å². The number of aliphatic hydroxyl groups is 5. The summed E-state index contributed by atoms with van der Waals surface area (Å²) in [6.07, 6.45) is -4.18. The van der Waals surface area contributed by atoms with Crippen molar-refractivity contribution >= 4 is 113 Å². The molecule has 0 saturated carbocycles. The largest absolute Gasteiger partial charge is 0.481 e. The average Bonchev–Trinajstić information content (AvgIpc) is 1.69. The Morgan fingerprint density at radius 3 is 0.992 bits per heavy atom. The van der Waals surface area contributed by atoms with E-state index in [0.29, 0.717) is 25.7 Å². The number of alkyl carbamates (subject to hydrolysis) is 3. The van der Waals surface area contributed by atoms with E-state index in [1.165, 1.54) is 52.0 Å². The Morgan fingerprint density at radius 1 is 0.389 bits per heavy atom. The number of carboxylic acid groups (broad SMARTS) is 2. The highest BCUT2D eigenvalue weighted by Gasteiger charge is 2.42. The molecule has 49 nitrogen and oxygen atoms in total. The molecule has 11 unspecified atom stereocenters. The third-order valence-electron chi connectivity index (χ3n) is 17.5. The molecule has 0 bridgehead atoms. The zero-order valence-electron chi connectivity index (χ0n) is 77.6. The summed E-state index contributed by atoms with van der Waals surface area (Å²) in [5.41, 5.74) is 0. The lowest BCUT2D eigenvalue weighted by molar-refractivity contribution is -0.181. The number of carbonyl (C=O) groups is 15. The molecule has 0 aromatic carbocycles. The molecule has 762 valence electrons. The number of aliphatic carboxylic acids is 2. The van der Waals surface area contributed by atoms with Gasteiger partial charge in [0.1, 0.15) is 19.8 Å². The van der Waals surface area contributed by atoms with Gasteiger partial charge in [-0.25, -0.2) is 14.4 Å². The van der Waals surface area contributed by atoms with Crippen LogP contribution < -0.4 is 54.0 Å². The Kier molecular flexibility index (Phi) is 77.8. The molecule has 2 heterocycles. The summed E-state index contributed by atoms with van der Waals surface area (Å²) < 4.78 is 77.3. The number of nitrogens with zero attached hydrogens (tertiary/aromatic N) is 2. The van der Waals surface area contributed by atoms with Crippen molar-refractivity contribution in [3.8, 4) is 0 Å². The SMILES string of the molecule is CCC(CO)OC(CO)OC.CCC(CO)OC(COC(=O)NCCC(=O)NCCNC(=O)CCOCCOCCNC(=O)CCN1C(=O)CC(SC(C)(C)C)C1=O)OC.CCC(CO)OC(COC(=O)NCCC(=O)NCCNC(=O)CCOCCOCCNC(=O)CCN1C(=O)CC(SCC(C)C(=O)O)C1=O)OC.CCC(CO)OC(COC(=O)NCCC(=O)O)OC.N. The van der Waals surface area contributed by atoms with Gasteiger partial charge < -0.3 is 161 Å². The van der Waals surface area contributed by atoms with Gasteiger partial charge in [-0.15, -0.1) is 23.5 Å². The van der Waals surface area contributed by atoms with Crippen LogP contribution in [0.25, 0.3) is 0 Å². The van der Waals surface area contributed by atoms with Crippen molar-refractivity contribution in [1.29, 1.82) is 0 Å². The molecule has 0 spiro atoms. The molecule has 13 amide bonds. The van der Waals surface area contributed by atoms with Crippen molar-refractivity contribution in [2.75, 3.05) is 212 Å². The number of amides is 13. The quantitative estimate of drug-likeness (QED) is 0.0137. The molecule has 2 aliphatic heterocycles. The van der Waals surface area contributed by atoms with Crippen LogP contribution in [0.3, 0.4) is 0 Å². The van der Waals surface area contributed by atoms with Crippen molar-refractivity contribution < 1.29 is 179 Å². The van der Waals surface area contributed by atoms with Crippen molar-refractivity contribution in [1.82, 2.24) is 63.8 Å². The Labute approximate surface area is 773 Å². The predicted octanol–water partition coefficient (Wildman–Crippen LogP) is -1.86. The maximum atomic E-state index is 12.5. The normalized spacial score (nSPS) is 15.5. The number of methoxy groups -OCH3 is 4. The summed E-state index contributed by atoms with van der Waals surface area (Å²) in [5, 5.41) is 84.0. The van der Waals surface area contributed by atoms with Crippen LogP contribution in [-0.2, 0) is 129 Å². The molecule has 2 aliphatic rings. The van der Waals surface area contributed by atoms with Gasteiger partial charge in [-0.3, -0.25) is 67.3 Å². The number of hydrogen-bond acceptors (Lipinski definition) is 38. The molecule has 131 heavy (non-hydrogen) atoms. The number of thioether (sulfide) groups is 2. The fourth-order valence-corrected chi connectivity index (χ4v) is 12.5. The fraction of sp³-hybridized carbons (Fsp3) is 0.812. The van der Waals surface area contributed by atoms with E-state index in [9.17, 15) is 82.1 Å². The Bertz CT molecular complexity index is 3170. The minimum Gasteiger partial charge on any atom is -0.481 e. The van der Waals surface area contributed by atoms with Crippen LogP contribution in [0.2, 0.25) is 0 Å². The van der Waals surface area contributed by atoms with Crippen molar-refractivity contribution in [3.05, 3.63) is 0 Å². The van der Waals surface area contributed by atoms with Gasteiger partial charge in [0.15, 0.2) is 25.2 Å². The van der Waals surface area contributed by atoms with E-state index < -0.39 is 89.9 Å². The molecule has 11 atom stereocenters. The zero-order chi connectivity index (χ0) is 98.0. The molecule has 0 radical (unpaired) electrons. The maximum Gasteiger partial charge on any atom is 0.407 e. The van der Waals surface area contributed by atoms with Crippen LogP contribution in [0.1, 0.15) is 139 Å². The number of carbonyl (C=O) groups excluding carboxylic acids is 13. The predicted molar refractivity (Wildman–Crippen MR) is 470 cm³/mol. The van der Waals surface area contributed by atoms with Gasteiger partial charge in [-0.05, 0) is 25.7 Å².